The minimum atomic E-state index is -4.34. The molecule has 0 fully saturated rings. The van der Waals surface area contributed by atoms with Crippen LogP contribution in [-0.4, -0.2) is 17.9 Å². The van der Waals surface area contributed by atoms with Gasteiger partial charge in [0.2, 0.25) is 0 Å². The molecule has 0 atom stereocenters. The molecule has 2 nitrogen and oxygen atoms in total. The van der Waals surface area contributed by atoms with Crippen LogP contribution < -0.4 is 0 Å². The summed E-state index contributed by atoms with van der Waals surface area (Å²) in [7, 11) is 1.62. The van der Waals surface area contributed by atoms with Gasteiger partial charge in [-0.2, -0.15) is 24.5 Å². The van der Waals surface area contributed by atoms with Crippen LogP contribution in [0.1, 0.15) is 21.5 Å². The van der Waals surface area contributed by atoms with Gasteiger partial charge >= 0.3 is 6.18 Å². The van der Waals surface area contributed by atoms with Crippen LogP contribution in [-0.2, 0) is 12.7 Å². The molecule has 1 heterocycles. The van der Waals surface area contributed by atoms with E-state index in [2.05, 4.69) is 0 Å². The SMILES string of the molecule is CN(Cc1ccc(C(F)(F)F)cc1)C(=O)c1ccsc1. The zero-order chi connectivity index (χ0) is 14.8. The van der Waals surface area contributed by atoms with Crippen LogP contribution in [0.3, 0.4) is 0 Å². The average molecular weight is 299 g/mol. The minimum absolute atomic E-state index is 0.147. The predicted molar refractivity (Wildman–Crippen MR) is 71.6 cm³/mol. The third-order valence-corrected chi connectivity index (χ3v) is 3.50. The van der Waals surface area contributed by atoms with E-state index in [0.29, 0.717) is 11.1 Å². The lowest BCUT2D eigenvalue weighted by Gasteiger charge is -2.17. The van der Waals surface area contributed by atoms with Crippen molar-refractivity contribution in [2.45, 2.75) is 12.7 Å². The number of rotatable bonds is 3. The summed E-state index contributed by atoms with van der Waals surface area (Å²) in [6, 6.07) is 6.55. The van der Waals surface area contributed by atoms with Crippen molar-refractivity contribution >= 4 is 17.2 Å². The Morgan fingerprint density at radius 1 is 1.20 bits per heavy atom. The first-order valence-electron chi connectivity index (χ1n) is 5.82. The Hall–Kier alpha value is -1.82. The van der Waals surface area contributed by atoms with Crippen molar-refractivity contribution in [2.75, 3.05) is 7.05 Å². The van der Waals surface area contributed by atoms with E-state index in [9.17, 15) is 18.0 Å². The fraction of sp³-hybridized carbons (Fsp3) is 0.214. The van der Waals surface area contributed by atoms with Crippen LogP contribution >= 0.6 is 11.3 Å². The molecule has 1 aromatic heterocycles. The third-order valence-electron chi connectivity index (χ3n) is 2.82. The van der Waals surface area contributed by atoms with E-state index in [1.165, 1.54) is 28.4 Å². The van der Waals surface area contributed by atoms with E-state index in [4.69, 9.17) is 0 Å². The summed E-state index contributed by atoms with van der Waals surface area (Å²) in [4.78, 5) is 13.5. The van der Waals surface area contributed by atoms with Gasteiger partial charge in [-0.1, -0.05) is 12.1 Å². The van der Waals surface area contributed by atoms with Gasteiger partial charge in [-0.05, 0) is 29.1 Å². The second kappa shape index (κ2) is 5.66. The van der Waals surface area contributed by atoms with Crippen molar-refractivity contribution in [3.8, 4) is 0 Å². The van der Waals surface area contributed by atoms with Gasteiger partial charge in [0.05, 0.1) is 11.1 Å². The topological polar surface area (TPSA) is 20.3 Å². The molecule has 1 amide bonds. The van der Waals surface area contributed by atoms with E-state index >= 15 is 0 Å². The number of alkyl halides is 3. The van der Waals surface area contributed by atoms with E-state index < -0.39 is 11.7 Å². The molecule has 0 aliphatic heterocycles. The number of thiophene rings is 1. The largest absolute Gasteiger partial charge is 0.416 e. The quantitative estimate of drug-likeness (QED) is 0.837. The maximum absolute atomic E-state index is 12.4. The monoisotopic (exact) mass is 299 g/mol. The second-order valence-electron chi connectivity index (χ2n) is 4.37. The zero-order valence-corrected chi connectivity index (χ0v) is 11.5. The minimum Gasteiger partial charge on any atom is -0.337 e. The molecular formula is C14H12F3NOS. The van der Waals surface area contributed by atoms with Gasteiger partial charge in [0, 0.05) is 19.0 Å². The van der Waals surface area contributed by atoms with Gasteiger partial charge in [0.15, 0.2) is 0 Å². The van der Waals surface area contributed by atoms with Crippen molar-refractivity contribution in [1.82, 2.24) is 4.90 Å². The maximum atomic E-state index is 12.4. The van der Waals surface area contributed by atoms with Crippen LogP contribution in [0.15, 0.2) is 41.1 Å². The molecule has 0 unspecified atom stereocenters. The van der Waals surface area contributed by atoms with E-state index in [-0.39, 0.29) is 12.5 Å². The van der Waals surface area contributed by atoms with Crippen molar-refractivity contribution in [3.05, 3.63) is 57.8 Å². The van der Waals surface area contributed by atoms with Crippen molar-refractivity contribution < 1.29 is 18.0 Å². The number of nitrogens with zero attached hydrogens (tertiary/aromatic N) is 1. The van der Waals surface area contributed by atoms with Crippen LogP contribution in [0, 0.1) is 0 Å². The Morgan fingerprint density at radius 3 is 2.35 bits per heavy atom. The summed E-state index contributed by atoms with van der Waals surface area (Å²) in [6.07, 6.45) is -4.34. The molecule has 0 saturated heterocycles. The highest BCUT2D eigenvalue weighted by Gasteiger charge is 2.29. The van der Waals surface area contributed by atoms with Crippen molar-refractivity contribution in [3.63, 3.8) is 0 Å². The molecule has 1 aromatic carbocycles. The van der Waals surface area contributed by atoms with Crippen molar-refractivity contribution in [2.24, 2.45) is 0 Å². The number of benzene rings is 1. The lowest BCUT2D eigenvalue weighted by Crippen LogP contribution is -2.25. The fourth-order valence-electron chi connectivity index (χ4n) is 1.75. The molecule has 0 radical (unpaired) electrons. The molecule has 6 heteroatoms. The molecule has 0 N–H and O–H groups in total. The Morgan fingerprint density at radius 2 is 1.85 bits per heavy atom. The summed E-state index contributed by atoms with van der Waals surface area (Å²) < 4.78 is 37.3. The smallest absolute Gasteiger partial charge is 0.337 e. The van der Waals surface area contributed by atoms with Crippen LogP contribution in [0.2, 0.25) is 0 Å². The summed E-state index contributed by atoms with van der Waals surface area (Å²) in [5.41, 5.74) is 0.557. The van der Waals surface area contributed by atoms with Gasteiger partial charge in [-0.3, -0.25) is 4.79 Å². The Balaban J connectivity index is 2.05. The van der Waals surface area contributed by atoms with Gasteiger partial charge < -0.3 is 4.90 Å². The first-order valence-corrected chi connectivity index (χ1v) is 6.76. The highest BCUT2D eigenvalue weighted by molar-refractivity contribution is 7.08. The first-order chi connectivity index (χ1) is 9.38. The maximum Gasteiger partial charge on any atom is 0.416 e. The average Bonchev–Trinajstić information content (AvgIpc) is 2.91. The van der Waals surface area contributed by atoms with Gasteiger partial charge in [0.25, 0.3) is 5.91 Å². The Bertz CT molecular complexity index is 575. The Labute approximate surface area is 118 Å². The van der Waals surface area contributed by atoms with Crippen molar-refractivity contribution in [1.29, 1.82) is 0 Å². The number of amides is 1. The van der Waals surface area contributed by atoms with E-state index in [1.54, 1.807) is 23.9 Å². The summed E-state index contributed by atoms with van der Waals surface area (Å²) in [6.45, 7) is 0.271. The molecule has 0 saturated carbocycles. The third kappa shape index (κ3) is 3.39. The molecular weight excluding hydrogens is 287 g/mol. The van der Waals surface area contributed by atoms with Gasteiger partial charge in [-0.25, -0.2) is 0 Å². The number of hydrogen-bond donors (Lipinski definition) is 0. The first kappa shape index (κ1) is 14.6. The molecule has 20 heavy (non-hydrogen) atoms. The molecule has 2 aromatic rings. The standard InChI is InChI=1S/C14H12F3NOS/c1-18(13(19)11-6-7-20-9-11)8-10-2-4-12(5-3-10)14(15,16)17/h2-7,9H,8H2,1H3. The lowest BCUT2D eigenvalue weighted by atomic mass is 10.1. The van der Waals surface area contributed by atoms with E-state index in [0.717, 1.165) is 12.1 Å². The highest BCUT2D eigenvalue weighted by atomic mass is 32.1. The summed E-state index contributed by atoms with van der Waals surface area (Å²) in [5, 5.41) is 3.55. The molecule has 0 spiro atoms. The van der Waals surface area contributed by atoms with E-state index in [1.807, 2.05) is 0 Å². The van der Waals surface area contributed by atoms with Gasteiger partial charge in [0.1, 0.15) is 0 Å². The number of carbonyl (C=O) groups excluding carboxylic acids is 1. The number of carbonyl (C=O) groups is 1. The van der Waals surface area contributed by atoms with Crippen LogP contribution in [0.4, 0.5) is 13.2 Å². The number of halogens is 3. The van der Waals surface area contributed by atoms with Gasteiger partial charge in [-0.15, -0.1) is 0 Å². The Kier molecular flexibility index (Phi) is 4.13. The molecule has 0 aliphatic carbocycles. The molecule has 0 aliphatic rings. The molecule has 0 bridgehead atoms. The normalized spacial score (nSPS) is 11.4. The highest BCUT2D eigenvalue weighted by Crippen LogP contribution is 2.29. The summed E-state index contributed by atoms with van der Waals surface area (Å²) in [5.74, 6) is -0.147. The summed E-state index contributed by atoms with van der Waals surface area (Å²) >= 11 is 1.42. The molecule has 2 rings (SSSR count). The van der Waals surface area contributed by atoms with Crippen LogP contribution in [0.25, 0.3) is 0 Å². The second-order valence-corrected chi connectivity index (χ2v) is 5.15. The zero-order valence-electron chi connectivity index (χ0n) is 10.6. The van der Waals surface area contributed by atoms with Crippen LogP contribution in [0.5, 0.6) is 0 Å². The number of hydrogen-bond acceptors (Lipinski definition) is 2. The fourth-order valence-corrected chi connectivity index (χ4v) is 2.38. The molecule has 106 valence electrons. The lowest BCUT2D eigenvalue weighted by molar-refractivity contribution is -0.137. The predicted octanol–water partition coefficient (Wildman–Crippen LogP) is 4.04.